The van der Waals surface area contributed by atoms with Crippen molar-refractivity contribution in [2.24, 2.45) is 0 Å². The molecule has 0 radical (unpaired) electrons. The van der Waals surface area contributed by atoms with E-state index in [1.807, 2.05) is 29.2 Å². The first-order chi connectivity index (χ1) is 14.7. The first-order valence-corrected chi connectivity index (χ1v) is 12.2. The van der Waals surface area contributed by atoms with Gasteiger partial charge in [-0.25, -0.2) is 4.98 Å². The Morgan fingerprint density at radius 1 is 1.20 bits per heavy atom. The quantitative estimate of drug-likeness (QED) is 0.494. The molecule has 6 nitrogen and oxygen atoms in total. The van der Waals surface area contributed by atoms with Crippen LogP contribution in [0.4, 0.5) is 0 Å². The molecule has 1 aliphatic heterocycles. The maximum absolute atomic E-state index is 13.2. The van der Waals surface area contributed by atoms with Gasteiger partial charge in [0.2, 0.25) is 5.91 Å². The molecule has 30 heavy (non-hydrogen) atoms. The molecule has 1 saturated heterocycles. The van der Waals surface area contributed by atoms with E-state index in [9.17, 15) is 9.59 Å². The molecule has 1 aliphatic carbocycles. The number of carbonyl (C=O) groups is 1. The topological polar surface area (TPSA) is 64.4 Å². The number of hydrogen-bond acceptors (Lipinski definition) is 5. The molecule has 0 bridgehead atoms. The fourth-order valence-corrected chi connectivity index (χ4v) is 5.55. The summed E-state index contributed by atoms with van der Waals surface area (Å²) in [4.78, 5) is 33.0. The molecule has 1 atom stereocenters. The highest BCUT2D eigenvalue weighted by molar-refractivity contribution is 7.99. The number of para-hydroxylation sites is 1. The normalized spacial score (nSPS) is 20.0. The summed E-state index contributed by atoms with van der Waals surface area (Å²) in [6, 6.07) is 7.79. The van der Waals surface area contributed by atoms with Crippen LogP contribution in [0.3, 0.4) is 0 Å². The van der Waals surface area contributed by atoms with Crippen LogP contribution in [0.15, 0.2) is 34.2 Å². The van der Waals surface area contributed by atoms with E-state index in [1.54, 1.807) is 4.57 Å². The van der Waals surface area contributed by atoms with Crippen LogP contribution >= 0.6 is 11.8 Å². The summed E-state index contributed by atoms with van der Waals surface area (Å²) < 4.78 is 7.48. The predicted octanol–water partition coefficient (Wildman–Crippen LogP) is 3.85. The number of benzene rings is 1. The zero-order valence-corrected chi connectivity index (χ0v) is 18.5. The molecular weight excluding hydrogens is 398 g/mol. The third-order valence-electron chi connectivity index (χ3n) is 6.24. The maximum atomic E-state index is 13.2. The molecule has 0 spiro atoms. The first kappa shape index (κ1) is 21.4. The Kier molecular flexibility index (Phi) is 7.10. The number of nitrogens with zero attached hydrogens (tertiary/aromatic N) is 3. The van der Waals surface area contributed by atoms with Crippen LogP contribution in [0.1, 0.15) is 51.9 Å². The van der Waals surface area contributed by atoms with Crippen molar-refractivity contribution in [1.29, 1.82) is 0 Å². The fraction of sp³-hybridized carbons (Fsp3) is 0.609. The third kappa shape index (κ3) is 4.72. The van der Waals surface area contributed by atoms with E-state index in [1.165, 1.54) is 31.0 Å². The molecule has 162 valence electrons. The van der Waals surface area contributed by atoms with Crippen LogP contribution in [0.2, 0.25) is 0 Å². The number of amides is 1. The average Bonchev–Trinajstić information content (AvgIpc) is 3.29. The Balaban J connectivity index is 1.55. The van der Waals surface area contributed by atoms with E-state index in [0.717, 1.165) is 38.8 Å². The van der Waals surface area contributed by atoms with Gasteiger partial charge in [-0.3, -0.25) is 14.2 Å². The fourth-order valence-electron chi connectivity index (χ4n) is 4.65. The number of fused-ring (bicyclic) bond motifs is 1. The van der Waals surface area contributed by atoms with Gasteiger partial charge in [0.25, 0.3) is 5.56 Å². The molecule has 7 heteroatoms. The molecule has 2 aliphatic rings. The van der Waals surface area contributed by atoms with Crippen molar-refractivity contribution in [3.8, 4) is 0 Å². The van der Waals surface area contributed by atoms with Gasteiger partial charge in [-0.1, -0.05) is 43.2 Å². The average molecular weight is 430 g/mol. The van der Waals surface area contributed by atoms with E-state index in [4.69, 9.17) is 9.72 Å². The van der Waals surface area contributed by atoms with E-state index in [2.05, 4.69) is 6.92 Å². The molecule has 1 aromatic carbocycles. The predicted molar refractivity (Wildman–Crippen MR) is 120 cm³/mol. The van der Waals surface area contributed by atoms with Gasteiger partial charge < -0.3 is 9.64 Å². The van der Waals surface area contributed by atoms with Gasteiger partial charge in [-0.2, -0.15) is 0 Å². The lowest BCUT2D eigenvalue weighted by atomic mass is 9.94. The van der Waals surface area contributed by atoms with E-state index in [-0.39, 0.29) is 17.6 Å². The van der Waals surface area contributed by atoms with Crippen molar-refractivity contribution in [2.75, 3.05) is 18.9 Å². The molecular formula is C23H31N3O3S. The standard InChI is InChI=1S/C23H31N3O3S/c1-2-25(17-9-4-3-5-10-17)21(27)16-30-23-24-20-13-7-6-12-19(20)22(28)26(23)15-18-11-8-14-29-18/h6-7,12-13,17-18H,2-5,8-11,14-16H2,1H3/t18-/m1/s1. The lowest BCUT2D eigenvalue weighted by Gasteiger charge is -2.33. The number of carbonyl (C=O) groups excluding carboxylic acids is 1. The van der Waals surface area contributed by atoms with Gasteiger partial charge in [0, 0.05) is 19.2 Å². The van der Waals surface area contributed by atoms with Crippen molar-refractivity contribution in [2.45, 2.75) is 75.7 Å². The summed E-state index contributed by atoms with van der Waals surface area (Å²) in [6.45, 7) is 4.03. The second kappa shape index (κ2) is 9.96. The van der Waals surface area contributed by atoms with E-state index < -0.39 is 0 Å². The minimum Gasteiger partial charge on any atom is -0.376 e. The van der Waals surface area contributed by atoms with Gasteiger partial charge in [-0.05, 0) is 44.7 Å². The summed E-state index contributed by atoms with van der Waals surface area (Å²) in [7, 11) is 0. The van der Waals surface area contributed by atoms with Gasteiger partial charge >= 0.3 is 0 Å². The first-order valence-electron chi connectivity index (χ1n) is 11.2. The highest BCUT2D eigenvalue weighted by Gasteiger charge is 2.25. The Morgan fingerprint density at radius 3 is 2.73 bits per heavy atom. The van der Waals surface area contributed by atoms with E-state index in [0.29, 0.717) is 34.4 Å². The van der Waals surface area contributed by atoms with Crippen molar-refractivity contribution in [3.05, 3.63) is 34.6 Å². The number of rotatable bonds is 7. The van der Waals surface area contributed by atoms with Crippen LogP contribution in [0, 0.1) is 0 Å². The minimum absolute atomic E-state index is 0.0371. The lowest BCUT2D eigenvalue weighted by Crippen LogP contribution is -2.42. The number of aromatic nitrogens is 2. The molecule has 0 N–H and O–H groups in total. The highest BCUT2D eigenvalue weighted by atomic mass is 32.2. The van der Waals surface area contributed by atoms with E-state index >= 15 is 0 Å². The van der Waals surface area contributed by atoms with Crippen LogP contribution in [0.5, 0.6) is 0 Å². The van der Waals surface area contributed by atoms with Crippen LogP contribution in [0.25, 0.3) is 10.9 Å². The maximum Gasteiger partial charge on any atom is 0.262 e. The Bertz CT molecular complexity index is 933. The third-order valence-corrected chi connectivity index (χ3v) is 7.20. The molecule has 1 saturated carbocycles. The summed E-state index contributed by atoms with van der Waals surface area (Å²) >= 11 is 1.38. The second-order valence-corrected chi connectivity index (χ2v) is 9.17. The molecule has 2 aromatic rings. The van der Waals surface area contributed by atoms with Gasteiger partial charge in [-0.15, -0.1) is 0 Å². The van der Waals surface area contributed by atoms with Crippen LogP contribution < -0.4 is 5.56 Å². The van der Waals surface area contributed by atoms with Crippen LogP contribution in [-0.4, -0.2) is 51.4 Å². The zero-order chi connectivity index (χ0) is 20.9. The van der Waals surface area contributed by atoms with Gasteiger partial charge in [0.05, 0.1) is 29.3 Å². The monoisotopic (exact) mass is 429 g/mol. The van der Waals surface area contributed by atoms with Crippen molar-refractivity contribution < 1.29 is 9.53 Å². The largest absolute Gasteiger partial charge is 0.376 e. The number of hydrogen-bond donors (Lipinski definition) is 0. The van der Waals surface area contributed by atoms with Crippen molar-refractivity contribution >= 4 is 28.6 Å². The molecule has 2 fully saturated rings. The number of ether oxygens (including phenoxy) is 1. The molecule has 2 heterocycles. The molecule has 0 unspecified atom stereocenters. The summed E-state index contributed by atoms with van der Waals surface area (Å²) in [5, 5.41) is 1.23. The summed E-state index contributed by atoms with van der Waals surface area (Å²) in [5.41, 5.74) is 0.631. The zero-order valence-electron chi connectivity index (χ0n) is 17.7. The van der Waals surface area contributed by atoms with Crippen LogP contribution in [-0.2, 0) is 16.1 Å². The summed E-state index contributed by atoms with van der Waals surface area (Å²) in [6.07, 6.45) is 7.89. The van der Waals surface area contributed by atoms with Crippen molar-refractivity contribution in [3.63, 3.8) is 0 Å². The van der Waals surface area contributed by atoms with Crippen molar-refractivity contribution in [1.82, 2.24) is 14.5 Å². The molecule has 1 aromatic heterocycles. The molecule has 1 amide bonds. The smallest absolute Gasteiger partial charge is 0.262 e. The lowest BCUT2D eigenvalue weighted by molar-refractivity contribution is -0.131. The molecule has 4 rings (SSSR count). The van der Waals surface area contributed by atoms with Gasteiger partial charge in [0.1, 0.15) is 0 Å². The highest BCUT2D eigenvalue weighted by Crippen LogP contribution is 2.25. The Morgan fingerprint density at radius 2 is 2.00 bits per heavy atom. The second-order valence-electron chi connectivity index (χ2n) is 8.22. The Hall–Kier alpha value is -1.86. The number of thioether (sulfide) groups is 1. The Labute approximate surface area is 182 Å². The summed E-state index contributed by atoms with van der Waals surface area (Å²) in [5.74, 6) is 0.446. The van der Waals surface area contributed by atoms with Gasteiger partial charge in [0.15, 0.2) is 5.16 Å². The SMILES string of the molecule is CCN(C(=O)CSc1nc2ccccc2c(=O)n1C[C@H]1CCCO1)C1CCCCC1. The minimum atomic E-state index is -0.0503.